The third-order valence-electron chi connectivity index (χ3n) is 3.89. The third kappa shape index (κ3) is 4.20. The van der Waals surface area contributed by atoms with Crippen molar-refractivity contribution in [2.45, 2.75) is 31.9 Å². The summed E-state index contributed by atoms with van der Waals surface area (Å²) in [6.07, 6.45) is 2.13. The van der Waals surface area contributed by atoms with E-state index in [2.05, 4.69) is 17.3 Å². The van der Waals surface area contributed by atoms with Crippen molar-refractivity contribution in [1.82, 2.24) is 10.2 Å². The summed E-state index contributed by atoms with van der Waals surface area (Å²) in [6.45, 7) is 4.51. The van der Waals surface area contributed by atoms with Crippen LogP contribution in [0.15, 0.2) is 18.2 Å². The second kappa shape index (κ2) is 7.07. The Hall–Kier alpha value is -1.10. The lowest BCUT2D eigenvalue weighted by atomic mass is 10.1. The van der Waals surface area contributed by atoms with Crippen molar-refractivity contribution in [3.63, 3.8) is 0 Å². The van der Waals surface area contributed by atoms with E-state index in [9.17, 15) is 5.11 Å². The summed E-state index contributed by atoms with van der Waals surface area (Å²) in [6, 6.07) is 6.68. The molecule has 2 rings (SSSR count). The number of aliphatic hydroxyl groups excluding tert-OH is 1. The minimum absolute atomic E-state index is 0.531. The normalized spacial score (nSPS) is 16.4. The molecule has 1 aliphatic rings. The van der Waals surface area contributed by atoms with Crippen LogP contribution in [0, 0.1) is 6.92 Å². The standard InChI is InChI=1S/C16H26N2O2/c1-12-4-7-16(20-3)14(10-12)15(19)11-17-8-9-18(2)13-5-6-13/h4,7,10,13,15,17,19H,5-6,8-9,11H2,1-3H3. The Morgan fingerprint density at radius 1 is 1.45 bits per heavy atom. The first-order chi connectivity index (χ1) is 9.61. The van der Waals surface area contributed by atoms with Crippen LogP contribution in [0.4, 0.5) is 0 Å². The van der Waals surface area contributed by atoms with Gasteiger partial charge in [0.15, 0.2) is 0 Å². The number of benzene rings is 1. The van der Waals surface area contributed by atoms with Gasteiger partial charge in [-0.3, -0.25) is 0 Å². The maximum atomic E-state index is 10.3. The van der Waals surface area contributed by atoms with Gasteiger partial charge < -0.3 is 20.1 Å². The first-order valence-electron chi connectivity index (χ1n) is 7.35. The van der Waals surface area contributed by atoms with Crippen molar-refractivity contribution in [3.05, 3.63) is 29.3 Å². The first-order valence-corrected chi connectivity index (χ1v) is 7.35. The summed E-state index contributed by atoms with van der Waals surface area (Å²) >= 11 is 0. The van der Waals surface area contributed by atoms with Gasteiger partial charge in [0, 0.05) is 31.2 Å². The smallest absolute Gasteiger partial charge is 0.124 e. The van der Waals surface area contributed by atoms with Gasteiger partial charge in [-0.25, -0.2) is 0 Å². The van der Waals surface area contributed by atoms with E-state index in [1.807, 2.05) is 25.1 Å². The van der Waals surface area contributed by atoms with E-state index in [0.717, 1.165) is 36.0 Å². The van der Waals surface area contributed by atoms with E-state index in [1.165, 1.54) is 12.8 Å². The number of aliphatic hydroxyl groups is 1. The number of hydrogen-bond acceptors (Lipinski definition) is 4. The fourth-order valence-electron chi connectivity index (χ4n) is 2.42. The average Bonchev–Trinajstić information content (AvgIpc) is 3.27. The third-order valence-corrected chi connectivity index (χ3v) is 3.89. The topological polar surface area (TPSA) is 44.7 Å². The summed E-state index contributed by atoms with van der Waals surface area (Å²) in [5.41, 5.74) is 1.99. The zero-order valence-corrected chi connectivity index (χ0v) is 12.7. The molecule has 0 aliphatic heterocycles. The van der Waals surface area contributed by atoms with Gasteiger partial charge in [0.25, 0.3) is 0 Å². The molecule has 0 aromatic heterocycles. The Bertz CT molecular complexity index is 432. The van der Waals surface area contributed by atoms with E-state index in [1.54, 1.807) is 7.11 Å². The van der Waals surface area contributed by atoms with Crippen LogP contribution in [0.2, 0.25) is 0 Å². The average molecular weight is 278 g/mol. The van der Waals surface area contributed by atoms with Crippen LogP contribution < -0.4 is 10.1 Å². The predicted molar refractivity (Wildman–Crippen MR) is 81.2 cm³/mol. The van der Waals surface area contributed by atoms with E-state index >= 15 is 0 Å². The van der Waals surface area contributed by atoms with Gasteiger partial charge in [-0.05, 0) is 38.9 Å². The summed E-state index contributed by atoms with van der Waals surface area (Å²) in [4.78, 5) is 2.38. The molecule has 1 fully saturated rings. The van der Waals surface area contributed by atoms with E-state index < -0.39 is 6.10 Å². The van der Waals surface area contributed by atoms with Crippen LogP contribution in [-0.2, 0) is 0 Å². The van der Waals surface area contributed by atoms with Gasteiger partial charge >= 0.3 is 0 Å². The molecule has 2 N–H and O–H groups in total. The molecule has 1 atom stereocenters. The molecule has 1 aromatic carbocycles. The molecule has 0 bridgehead atoms. The number of likely N-dealkylation sites (N-methyl/N-ethyl adjacent to an activating group) is 1. The number of nitrogens with zero attached hydrogens (tertiary/aromatic N) is 1. The highest BCUT2D eigenvalue weighted by molar-refractivity contribution is 5.38. The van der Waals surface area contributed by atoms with Crippen LogP contribution in [0.25, 0.3) is 0 Å². The molecule has 112 valence electrons. The zero-order valence-electron chi connectivity index (χ0n) is 12.7. The monoisotopic (exact) mass is 278 g/mol. The van der Waals surface area contributed by atoms with Crippen molar-refractivity contribution >= 4 is 0 Å². The van der Waals surface area contributed by atoms with Gasteiger partial charge in [-0.15, -0.1) is 0 Å². The Morgan fingerprint density at radius 3 is 2.85 bits per heavy atom. The molecule has 0 heterocycles. The van der Waals surface area contributed by atoms with Gasteiger partial charge in [0.05, 0.1) is 13.2 Å². The lowest BCUT2D eigenvalue weighted by molar-refractivity contribution is 0.168. The van der Waals surface area contributed by atoms with Crippen LogP contribution in [0.3, 0.4) is 0 Å². The molecule has 4 nitrogen and oxygen atoms in total. The highest BCUT2D eigenvalue weighted by Crippen LogP contribution is 2.26. The molecule has 20 heavy (non-hydrogen) atoms. The Balaban J connectivity index is 1.78. The summed E-state index contributed by atoms with van der Waals surface area (Å²) in [5, 5.41) is 13.6. The second-order valence-electron chi connectivity index (χ2n) is 5.68. The summed E-state index contributed by atoms with van der Waals surface area (Å²) < 4.78 is 5.31. The SMILES string of the molecule is COc1ccc(C)cc1C(O)CNCCN(C)C1CC1. The molecule has 1 saturated carbocycles. The molecular weight excluding hydrogens is 252 g/mol. The minimum Gasteiger partial charge on any atom is -0.496 e. The molecule has 0 spiro atoms. The lowest BCUT2D eigenvalue weighted by Gasteiger charge is -2.18. The fraction of sp³-hybridized carbons (Fsp3) is 0.625. The predicted octanol–water partition coefficient (Wildman–Crippen LogP) is 1.72. The number of methoxy groups -OCH3 is 1. The van der Waals surface area contributed by atoms with Crippen molar-refractivity contribution in [2.24, 2.45) is 0 Å². The van der Waals surface area contributed by atoms with Crippen molar-refractivity contribution in [2.75, 3.05) is 33.8 Å². The molecule has 0 amide bonds. The molecule has 1 aromatic rings. The second-order valence-corrected chi connectivity index (χ2v) is 5.68. The maximum Gasteiger partial charge on any atom is 0.124 e. The largest absolute Gasteiger partial charge is 0.496 e. The number of nitrogens with one attached hydrogen (secondary N) is 1. The van der Waals surface area contributed by atoms with Crippen molar-refractivity contribution in [3.8, 4) is 5.75 Å². The zero-order chi connectivity index (χ0) is 14.5. The van der Waals surface area contributed by atoms with Gasteiger partial charge in [0.2, 0.25) is 0 Å². The van der Waals surface area contributed by atoms with Crippen molar-refractivity contribution < 1.29 is 9.84 Å². The van der Waals surface area contributed by atoms with Gasteiger partial charge in [-0.1, -0.05) is 11.6 Å². The molecule has 0 radical (unpaired) electrons. The number of hydrogen-bond donors (Lipinski definition) is 2. The lowest BCUT2D eigenvalue weighted by Crippen LogP contribution is -2.32. The number of rotatable bonds is 8. The number of ether oxygens (including phenoxy) is 1. The van der Waals surface area contributed by atoms with Gasteiger partial charge in [-0.2, -0.15) is 0 Å². The fourth-order valence-corrected chi connectivity index (χ4v) is 2.42. The molecule has 0 saturated heterocycles. The minimum atomic E-state index is -0.531. The Kier molecular flexibility index (Phi) is 5.40. The highest BCUT2D eigenvalue weighted by Gasteiger charge is 2.25. The van der Waals surface area contributed by atoms with E-state index in [0.29, 0.717) is 6.54 Å². The summed E-state index contributed by atoms with van der Waals surface area (Å²) in [5.74, 6) is 0.750. The first kappa shape index (κ1) is 15.3. The van der Waals surface area contributed by atoms with Gasteiger partial charge in [0.1, 0.15) is 5.75 Å². The number of aryl methyl sites for hydroxylation is 1. The van der Waals surface area contributed by atoms with Crippen LogP contribution in [0.5, 0.6) is 5.75 Å². The Morgan fingerprint density at radius 2 is 2.20 bits per heavy atom. The van der Waals surface area contributed by atoms with Crippen LogP contribution in [-0.4, -0.2) is 49.8 Å². The molecule has 1 unspecified atom stereocenters. The quantitative estimate of drug-likeness (QED) is 0.711. The molecular formula is C16H26N2O2. The highest BCUT2D eigenvalue weighted by atomic mass is 16.5. The molecule has 4 heteroatoms. The maximum absolute atomic E-state index is 10.3. The molecule has 1 aliphatic carbocycles. The van der Waals surface area contributed by atoms with Crippen molar-refractivity contribution in [1.29, 1.82) is 0 Å². The summed E-state index contributed by atoms with van der Waals surface area (Å²) in [7, 11) is 3.80. The van der Waals surface area contributed by atoms with E-state index in [-0.39, 0.29) is 0 Å². The van der Waals surface area contributed by atoms with E-state index in [4.69, 9.17) is 4.74 Å². The Labute approximate surface area is 121 Å². The van der Waals surface area contributed by atoms with Crippen LogP contribution >= 0.6 is 0 Å². The van der Waals surface area contributed by atoms with Crippen LogP contribution in [0.1, 0.15) is 30.1 Å².